The Morgan fingerprint density at radius 3 is 2.65 bits per heavy atom. The van der Waals surface area contributed by atoms with Crippen LogP contribution in [-0.2, 0) is 0 Å². The second-order valence-corrected chi connectivity index (χ2v) is 5.59. The van der Waals surface area contributed by atoms with E-state index < -0.39 is 6.17 Å². The number of hydrogen-bond donors (Lipinski definition) is 1. The highest BCUT2D eigenvalue weighted by atomic mass is 127. The van der Waals surface area contributed by atoms with Gasteiger partial charge in [-0.3, -0.25) is 4.99 Å². The monoisotopic (exact) mass is 389 g/mol. The van der Waals surface area contributed by atoms with Crippen molar-refractivity contribution in [3.63, 3.8) is 0 Å². The molecule has 3 nitrogen and oxygen atoms in total. The van der Waals surface area contributed by atoms with E-state index in [1.807, 2.05) is 13.1 Å². The van der Waals surface area contributed by atoms with Gasteiger partial charge in [-0.2, -0.15) is 0 Å². The Morgan fingerprint density at radius 2 is 2.00 bits per heavy atom. The summed E-state index contributed by atoms with van der Waals surface area (Å²) in [6.45, 7) is 1.67. The van der Waals surface area contributed by atoms with Crippen molar-refractivity contribution in [3.8, 4) is 0 Å². The molecule has 5 heteroatoms. The van der Waals surface area contributed by atoms with Crippen molar-refractivity contribution in [2.75, 3.05) is 20.1 Å². The molecule has 1 saturated carbocycles. The van der Waals surface area contributed by atoms with Gasteiger partial charge in [-0.05, 0) is 24.3 Å². The minimum Gasteiger partial charge on any atom is -0.348 e. The van der Waals surface area contributed by atoms with Gasteiger partial charge in [-0.1, -0.05) is 30.3 Å². The van der Waals surface area contributed by atoms with Gasteiger partial charge in [0.1, 0.15) is 6.17 Å². The van der Waals surface area contributed by atoms with Crippen LogP contribution in [0.3, 0.4) is 0 Å². The van der Waals surface area contributed by atoms with Crippen molar-refractivity contribution in [2.24, 2.45) is 10.9 Å². The Labute approximate surface area is 136 Å². The van der Waals surface area contributed by atoms with Crippen LogP contribution in [0.1, 0.15) is 24.4 Å². The smallest absolute Gasteiger partial charge is 0.194 e. The van der Waals surface area contributed by atoms with Crippen LogP contribution in [0, 0.1) is 5.92 Å². The molecular formula is C15H21FIN3. The van der Waals surface area contributed by atoms with Crippen LogP contribution in [0.2, 0.25) is 0 Å². The van der Waals surface area contributed by atoms with E-state index in [-0.39, 0.29) is 30.0 Å². The summed E-state index contributed by atoms with van der Waals surface area (Å²) in [5, 5.41) is 3.45. The molecular weight excluding hydrogens is 368 g/mol. The molecule has 110 valence electrons. The first kappa shape index (κ1) is 15.5. The van der Waals surface area contributed by atoms with Gasteiger partial charge in [0.25, 0.3) is 0 Å². The number of rotatable bonds is 3. The zero-order valence-electron chi connectivity index (χ0n) is 11.6. The average Bonchev–Trinajstić information content (AvgIpc) is 2.87. The maximum absolute atomic E-state index is 12.8. The molecule has 0 radical (unpaired) electrons. The molecule has 1 aromatic carbocycles. The van der Waals surface area contributed by atoms with Crippen LogP contribution in [0.25, 0.3) is 0 Å². The number of halogens is 2. The number of alkyl halides is 1. The molecule has 0 saturated heterocycles. The molecule has 0 aromatic heterocycles. The van der Waals surface area contributed by atoms with Crippen LogP contribution in [0.5, 0.6) is 0 Å². The maximum Gasteiger partial charge on any atom is 0.194 e. The minimum absolute atomic E-state index is 0. The van der Waals surface area contributed by atoms with Crippen molar-refractivity contribution in [2.45, 2.75) is 25.1 Å². The van der Waals surface area contributed by atoms with E-state index in [9.17, 15) is 4.39 Å². The SMILES string of the molecule is CN(CC1CC(F)C1)C1=NCC(c2ccccc2)N1.I. The van der Waals surface area contributed by atoms with Crippen LogP contribution < -0.4 is 5.32 Å². The normalized spacial score (nSPS) is 27.9. The third kappa shape index (κ3) is 3.42. The number of guanidine groups is 1. The van der Waals surface area contributed by atoms with E-state index in [0.717, 1.165) is 19.0 Å². The van der Waals surface area contributed by atoms with Gasteiger partial charge in [-0.15, -0.1) is 24.0 Å². The summed E-state index contributed by atoms with van der Waals surface area (Å²) < 4.78 is 12.8. The molecule has 1 N–H and O–H groups in total. The molecule has 1 fully saturated rings. The highest BCUT2D eigenvalue weighted by Gasteiger charge is 2.31. The molecule has 20 heavy (non-hydrogen) atoms. The summed E-state index contributed by atoms with van der Waals surface area (Å²) in [6.07, 6.45) is 0.841. The van der Waals surface area contributed by atoms with E-state index >= 15 is 0 Å². The second-order valence-electron chi connectivity index (χ2n) is 5.59. The molecule has 2 aliphatic rings. The first-order valence-electron chi connectivity index (χ1n) is 6.93. The number of nitrogens with one attached hydrogen (secondary N) is 1. The lowest BCUT2D eigenvalue weighted by atomic mass is 9.83. The molecule has 0 amide bonds. The van der Waals surface area contributed by atoms with Crippen LogP contribution in [0.15, 0.2) is 35.3 Å². The highest BCUT2D eigenvalue weighted by Crippen LogP contribution is 2.30. The largest absolute Gasteiger partial charge is 0.348 e. The van der Waals surface area contributed by atoms with Crippen molar-refractivity contribution < 1.29 is 4.39 Å². The molecule has 3 rings (SSSR count). The van der Waals surface area contributed by atoms with Gasteiger partial charge in [0.2, 0.25) is 0 Å². The zero-order valence-corrected chi connectivity index (χ0v) is 14.0. The fraction of sp³-hybridized carbons (Fsp3) is 0.533. The third-order valence-electron chi connectivity index (χ3n) is 4.00. The predicted molar refractivity (Wildman–Crippen MR) is 90.3 cm³/mol. The second kappa shape index (κ2) is 6.74. The van der Waals surface area contributed by atoms with E-state index in [0.29, 0.717) is 18.8 Å². The fourth-order valence-electron chi connectivity index (χ4n) is 2.81. The molecule has 1 unspecified atom stereocenters. The lowest BCUT2D eigenvalue weighted by molar-refractivity contribution is 0.115. The summed E-state index contributed by atoms with van der Waals surface area (Å²) in [7, 11) is 2.03. The number of hydrogen-bond acceptors (Lipinski definition) is 3. The molecule has 1 heterocycles. The average molecular weight is 389 g/mol. The summed E-state index contributed by atoms with van der Waals surface area (Å²) in [4.78, 5) is 6.69. The molecule has 1 aromatic rings. The first-order valence-corrected chi connectivity index (χ1v) is 6.93. The van der Waals surface area contributed by atoms with E-state index in [1.165, 1.54) is 5.56 Å². The Balaban J connectivity index is 0.00000147. The zero-order chi connectivity index (χ0) is 13.2. The molecule has 1 aliphatic heterocycles. The number of nitrogens with zero attached hydrogens (tertiary/aromatic N) is 2. The van der Waals surface area contributed by atoms with E-state index in [2.05, 4.69) is 39.5 Å². The topological polar surface area (TPSA) is 27.6 Å². The standard InChI is InChI=1S/C15H20FN3.HI/c1-19(10-11-7-13(16)8-11)15-17-9-14(18-15)12-5-3-2-4-6-12;/h2-6,11,13-14H,7-10H2,1H3,(H,17,18);1H. The van der Waals surface area contributed by atoms with Gasteiger partial charge in [0.05, 0.1) is 12.6 Å². The molecule has 1 aliphatic carbocycles. The Hall–Kier alpha value is -0.850. The summed E-state index contributed by atoms with van der Waals surface area (Å²) in [5.74, 6) is 1.43. The fourth-order valence-corrected chi connectivity index (χ4v) is 2.81. The Bertz CT molecular complexity index is 459. The summed E-state index contributed by atoms with van der Waals surface area (Å²) in [6, 6.07) is 10.6. The van der Waals surface area contributed by atoms with Crippen molar-refractivity contribution >= 4 is 29.9 Å². The number of benzene rings is 1. The molecule has 1 atom stereocenters. The van der Waals surface area contributed by atoms with Crippen LogP contribution in [0.4, 0.5) is 4.39 Å². The summed E-state index contributed by atoms with van der Waals surface area (Å²) >= 11 is 0. The number of aliphatic imine (C=N–C) groups is 1. The predicted octanol–water partition coefficient (Wildman–Crippen LogP) is 2.98. The summed E-state index contributed by atoms with van der Waals surface area (Å²) in [5.41, 5.74) is 1.27. The molecule has 0 bridgehead atoms. The quantitative estimate of drug-likeness (QED) is 0.806. The van der Waals surface area contributed by atoms with Gasteiger partial charge < -0.3 is 10.2 Å². The Morgan fingerprint density at radius 1 is 1.30 bits per heavy atom. The lowest BCUT2D eigenvalue weighted by Crippen LogP contribution is -2.42. The minimum atomic E-state index is -0.575. The van der Waals surface area contributed by atoms with Gasteiger partial charge >= 0.3 is 0 Å². The maximum atomic E-state index is 12.8. The highest BCUT2D eigenvalue weighted by molar-refractivity contribution is 14.0. The van der Waals surface area contributed by atoms with E-state index in [4.69, 9.17) is 0 Å². The Kier molecular flexibility index (Phi) is 5.23. The lowest BCUT2D eigenvalue weighted by Gasteiger charge is -2.33. The van der Waals surface area contributed by atoms with Crippen molar-refractivity contribution in [1.29, 1.82) is 0 Å². The third-order valence-corrected chi connectivity index (χ3v) is 4.00. The van der Waals surface area contributed by atoms with Gasteiger partial charge in [0, 0.05) is 13.6 Å². The van der Waals surface area contributed by atoms with E-state index in [1.54, 1.807) is 0 Å². The van der Waals surface area contributed by atoms with Crippen molar-refractivity contribution in [3.05, 3.63) is 35.9 Å². The van der Waals surface area contributed by atoms with Crippen molar-refractivity contribution in [1.82, 2.24) is 10.2 Å². The first-order chi connectivity index (χ1) is 9.22. The van der Waals surface area contributed by atoms with Crippen LogP contribution in [-0.4, -0.2) is 37.2 Å². The van der Waals surface area contributed by atoms with Gasteiger partial charge in [-0.25, -0.2) is 4.39 Å². The van der Waals surface area contributed by atoms with Gasteiger partial charge in [0.15, 0.2) is 5.96 Å². The molecule has 0 spiro atoms. The van der Waals surface area contributed by atoms with Crippen LogP contribution >= 0.6 is 24.0 Å².